The molecule has 1 aliphatic rings. The van der Waals surface area contributed by atoms with Gasteiger partial charge in [0.05, 0.1) is 5.92 Å². The Morgan fingerprint density at radius 3 is 2.62 bits per heavy atom. The standard InChI is InChI=1S/C15H29N3O2.ClH/c1-3-4-10-17-15(20)13-8-7-12(2)18(11-13)14(19)6-5-9-16;/h12-13H,3-11,16H2,1-2H3,(H,17,20);1H. The monoisotopic (exact) mass is 319 g/mol. The molecular weight excluding hydrogens is 290 g/mol. The average Bonchev–Trinajstić information content (AvgIpc) is 2.45. The molecule has 0 spiro atoms. The first-order chi connectivity index (χ1) is 9.60. The van der Waals surface area contributed by atoms with Crippen LogP contribution >= 0.6 is 12.4 Å². The molecule has 1 saturated heterocycles. The number of piperidine rings is 1. The van der Waals surface area contributed by atoms with Crippen molar-refractivity contribution in [2.45, 2.75) is 58.4 Å². The summed E-state index contributed by atoms with van der Waals surface area (Å²) in [6.07, 6.45) is 5.07. The molecule has 124 valence electrons. The smallest absolute Gasteiger partial charge is 0.224 e. The van der Waals surface area contributed by atoms with Crippen LogP contribution in [0.4, 0.5) is 0 Å². The molecular formula is C15H30ClN3O2. The Kier molecular flexibility index (Phi) is 10.4. The Balaban J connectivity index is 0.00000400. The fourth-order valence-corrected chi connectivity index (χ4v) is 2.60. The van der Waals surface area contributed by atoms with Gasteiger partial charge in [-0.25, -0.2) is 0 Å². The van der Waals surface area contributed by atoms with E-state index in [1.165, 1.54) is 0 Å². The molecule has 0 aromatic carbocycles. The summed E-state index contributed by atoms with van der Waals surface area (Å²) in [6, 6.07) is 0.236. The maximum atomic E-state index is 12.1. The Morgan fingerprint density at radius 2 is 2.00 bits per heavy atom. The predicted octanol–water partition coefficient (Wildman–Crippen LogP) is 1.69. The third-order valence-electron chi connectivity index (χ3n) is 4.00. The number of hydrogen-bond acceptors (Lipinski definition) is 3. The molecule has 1 rings (SSSR count). The van der Waals surface area contributed by atoms with Gasteiger partial charge in [0.2, 0.25) is 11.8 Å². The number of hydrogen-bond donors (Lipinski definition) is 2. The van der Waals surface area contributed by atoms with E-state index in [1.54, 1.807) is 0 Å². The van der Waals surface area contributed by atoms with Crippen LogP contribution in [0.1, 0.15) is 52.4 Å². The zero-order valence-electron chi connectivity index (χ0n) is 13.3. The van der Waals surface area contributed by atoms with Crippen molar-refractivity contribution in [2.75, 3.05) is 19.6 Å². The van der Waals surface area contributed by atoms with Crippen LogP contribution in [-0.4, -0.2) is 42.4 Å². The lowest BCUT2D eigenvalue weighted by Gasteiger charge is -2.37. The van der Waals surface area contributed by atoms with Crippen LogP contribution in [0.25, 0.3) is 0 Å². The molecule has 0 aromatic heterocycles. The molecule has 0 aromatic rings. The summed E-state index contributed by atoms with van der Waals surface area (Å²) >= 11 is 0. The maximum Gasteiger partial charge on any atom is 0.224 e. The molecule has 21 heavy (non-hydrogen) atoms. The van der Waals surface area contributed by atoms with Gasteiger partial charge in [-0.1, -0.05) is 13.3 Å². The van der Waals surface area contributed by atoms with E-state index < -0.39 is 0 Å². The molecule has 0 bridgehead atoms. The van der Waals surface area contributed by atoms with Crippen molar-refractivity contribution in [3.8, 4) is 0 Å². The first kappa shape index (κ1) is 20.2. The van der Waals surface area contributed by atoms with Gasteiger partial charge < -0.3 is 16.0 Å². The number of carbonyl (C=O) groups excluding carboxylic acids is 2. The molecule has 1 heterocycles. The highest BCUT2D eigenvalue weighted by Gasteiger charge is 2.31. The van der Waals surface area contributed by atoms with Crippen LogP contribution in [0.3, 0.4) is 0 Å². The van der Waals surface area contributed by atoms with E-state index in [0.29, 0.717) is 19.5 Å². The molecule has 3 N–H and O–H groups in total. The quantitative estimate of drug-likeness (QED) is 0.701. The lowest BCUT2D eigenvalue weighted by molar-refractivity contribution is -0.138. The highest BCUT2D eigenvalue weighted by atomic mass is 35.5. The molecule has 2 atom stereocenters. The average molecular weight is 320 g/mol. The minimum Gasteiger partial charge on any atom is -0.356 e. The van der Waals surface area contributed by atoms with E-state index in [4.69, 9.17) is 5.73 Å². The molecule has 2 amide bonds. The van der Waals surface area contributed by atoms with E-state index in [9.17, 15) is 9.59 Å². The summed E-state index contributed by atoms with van der Waals surface area (Å²) < 4.78 is 0. The van der Waals surface area contributed by atoms with Crippen molar-refractivity contribution < 1.29 is 9.59 Å². The number of nitrogens with zero attached hydrogens (tertiary/aromatic N) is 1. The minimum atomic E-state index is -0.0510. The van der Waals surface area contributed by atoms with Crippen molar-refractivity contribution in [1.29, 1.82) is 0 Å². The van der Waals surface area contributed by atoms with E-state index in [2.05, 4.69) is 19.2 Å². The summed E-state index contributed by atoms with van der Waals surface area (Å²) in [5.41, 5.74) is 5.45. The number of nitrogens with one attached hydrogen (secondary N) is 1. The second-order valence-electron chi connectivity index (χ2n) is 5.71. The molecule has 0 aliphatic carbocycles. The summed E-state index contributed by atoms with van der Waals surface area (Å²) in [7, 11) is 0. The largest absolute Gasteiger partial charge is 0.356 e. The predicted molar refractivity (Wildman–Crippen MR) is 87.4 cm³/mol. The van der Waals surface area contributed by atoms with Gasteiger partial charge in [0.15, 0.2) is 0 Å². The second-order valence-corrected chi connectivity index (χ2v) is 5.71. The fourth-order valence-electron chi connectivity index (χ4n) is 2.60. The van der Waals surface area contributed by atoms with Gasteiger partial charge in [-0.3, -0.25) is 9.59 Å². The molecule has 2 unspecified atom stereocenters. The molecule has 1 aliphatic heterocycles. The second kappa shape index (κ2) is 10.9. The Bertz CT molecular complexity index is 326. The van der Waals surface area contributed by atoms with Crippen LogP contribution < -0.4 is 11.1 Å². The van der Waals surface area contributed by atoms with E-state index in [-0.39, 0.29) is 36.2 Å². The van der Waals surface area contributed by atoms with Crippen molar-refractivity contribution in [1.82, 2.24) is 10.2 Å². The van der Waals surface area contributed by atoms with Gasteiger partial charge in [0.25, 0.3) is 0 Å². The van der Waals surface area contributed by atoms with Gasteiger partial charge in [-0.2, -0.15) is 0 Å². The normalized spacial score (nSPS) is 21.6. The zero-order valence-corrected chi connectivity index (χ0v) is 14.1. The number of carbonyl (C=O) groups is 2. The van der Waals surface area contributed by atoms with Crippen molar-refractivity contribution in [3.63, 3.8) is 0 Å². The Morgan fingerprint density at radius 1 is 1.29 bits per heavy atom. The van der Waals surface area contributed by atoms with Gasteiger partial charge in [0, 0.05) is 25.6 Å². The van der Waals surface area contributed by atoms with E-state index in [1.807, 2.05) is 4.90 Å². The van der Waals surface area contributed by atoms with Crippen LogP contribution in [0.15, 0.2) is 0 Å². The number of rotatable bonds is 7. The van der Waals surface area contributed by atoms with Crippen LogP contribution in [0.2, 0.25) is 0 Å². The molecule has 0 radical (unpaired) electrons. The number of unbranched alkanes of at least 4 members (excludes halogenated alkanes) is 1. The number of amides is 2. The lowest BCUT2D eigenvalue weighted by atomic mass is 9.92. The maximum absolute atomic E-state index is 12.1. The summed E-state index contributed by atoms with van der Waals surface area (Å²) in [6.45, 7) is 6.00. The van der Waals surface area contributed by atoms with E-state index in [0.717, 1.165) is 38.6 Å². The Hall–Kier alpha value is -0.810. The first-order valence-corrected chi connectivity index (χ1v) is 7.87. The van der Waals surface area contributed by atoms with Crippen molar-refractivity contribution in [2.24, 2.45) is 11.7 Å². The summed E-state index contributed by atoms with van der Waals surface area (Å²) in [4.78, 5) is 26.1. The fraction of sp³-hybridized carbons (Fsp3) is 0.867. The van der Waals surface area contributed by atoms with Crippen LogP contribution in [-0.2, 0) is 9.59 Å². The van der Waals surface area contributed by atoms with Gasteiger partial charge >= 0.3 is 0 Å². The van der Waals surface area contributed by atoms with Crippen LogP contribution in [0.5, 0.6) is 0 Å². The number of halogens is 1. The van der Waals surface area contributed by atoms with Gasteiger partial charge in [-0.05, 0) is 39.2 Å². The number of likely N-dealkylation sites (tertiary alicyclic amines) is 1. The molecule has 6 heteroatoms. The highest BCUT2D eigenvalue weighted by Crippen LogP contribution is 2.23. The topological polar surface area (TPSA) is 75.4 Å². The van der Waals surface area contributed by atoms with Crippen molar-refractivity contribution in [3.05, 3.63) is 0 Å². The van der Waals surface area contributed by atoms with Crippen LogP contribution in [0, 0.1) is 5.92 Å². The summed E-state index contributed by atoms with van der Waals surface area (Å²) in [5, 5.41) is 2.97. The first-order valence-electron chi connectivity index (χ1n) is 7.87. The third-order valence-corrected chi connectivity index (χ3v) is 4.00. The third kappa shape index (κ3) is 6.66. The zero-order chi connectivity index (χ0) is 15.0. The molecule has 5 nitrogen and oxygen atoms in total. The SMILES string of the molecule is CCCCNC(=O)C1CCC(C)N(C(=O)CCCN)C1.Cl. The number of nitrogens with two attached hydrogens (primary N) is 1. The minimum absolute atomic E-state index is 0. The van der Waals surface area contributed by atoms with Gasteiger partial charge in [-0.15, -0.1) is 12.4 Å². The van der Waals surface area contributed by atoms with E-state index >= 15 is 0 Å². The Labute approximate surface area is 134 Å². The van der Waals surface area contributed by atoms with Gasteiger partial charge in [0.1, 0.15) is 0 Å². The summed E-state index contributed by atoms with van der Waals surface area (Å²) in [5.74, 6) is 0.181. The van der Waals surface area contributed by atoms with Crippen molar-refractivity contribution >= 4 is 24.2 Å². The molecule has 1 fully saturated rings. The lowest BCUT2D eigenvalue weighted by Crippen LogP contribution is -2.49. The highest BCUT2D eigenvalue weighted by molar-refractivity contribution is 5.85. The molecule has 0 saturated carbocycles.